The maximum atomic E-state index is 14.7. The molecule has 1 saturated heterocycles. The number of pyridine rings is 1. The number of nitrogens with zero attached hydrogens (tertiary/aromatic N) is 4. The minimum absolute atomic E-state index is 0.0197. The SMILES string of the molecule is CCn1c(-c2cccnc2C(C)C)c2c3cc(ccc31)-c1cc(O)cc(c1)C[C@H](NC(=O)[C@H](C(C)C)N(C)C(=O)CNC(=O)OCc1ccccc1)C(=O)N1CCC[C@H](N1)C(=O)OCC(C)(C)C2. The third-order valence-electron chi connectivity index (χ3n) is 12.8. The van der Waals surface area contributed by atoms with Gasteiger partial charge in [-0.05, 0) is 102 Å². The lowest BCUT2D eigenvalue weighted by Gasteiger charge is -2.36. The number of phenolic OH excluding ortho intramolecular Hbond substituents is 1. The molecule has 2 aliphatic heterocycles. The van der Waals surface area contributed by atoms with Crippen LogP contribution in [0.2, 0.25) is 0 Å². The molecule has 0 unspecified atom stereocenters. The molecule has 2 aliphatic rings. The molecule has 0 saturated carbocycles. The van der Waals surface area contributed by atoms with Crippen molar-refractivity contribution in [2.24, 2.45) is 11.3 Å². The summed E-state index contributed by atoms with van der Waals surface area (Å²) in [4.78, 5) is 75.1. The number of rotatable bonds is 11. The van der Waals surface area contributed by atoms with Crippen LogP contribution in [0.25, 0.3) is 33.3 Å². The molecule has 0 radical (unpaired) electrons. The van der Waals surface area contributed by atoms with Gasteiger partial charge in [-0.15, -0.1) is 0 Å². The number of hydrogen-bond acceptors (Lipinski definition) is 10. The number of likely N-dealkylation sites (N-methyl/N-ethyl adjacent to an activating group) is 1. The Hall–Kier alpha value is -6.74. The number of phenols is 1. The predicted molar refractivity (Wildman–Crippen MR) is 260 cm³/mol. The third kappa shape index (κ3) is 11.2. The fourth-order valence-electron chi connectivity index (χ4n) is 9.48. The second-order valence-electron chi connectivity index (χ2n) is 19.4. The minimum atomic E-state index is -1.20. The number of aryl methyl sites for hydroxylation is 1. The van der Waals surface area contributed by atoms with Gasteiger partial charge in [-0.3, -0.25) is 29.2 Å². The Balaban J connectivity index is 1.24. The van der Waals surface area contributed by atoms with Gasteiger partial charge in [0.25, 0.3) is 5.91 Å². The summed E-state index contributed by atoms with van der Waals surface area (Å²) < 4.78 is 13.7. The summed E-state index contributed by atoms with van der Waals surface area (Å²) in [7, 11) is 1.47. The normalized spacial score (nSPS) is 17.9. The lowest BCUT2D eigenvalue weighted by Crippen LogP contribution is -2.62. The van der Waals surface area contributed by atoms with E-state index in [9.17, 15) is 29.1 Å². The summed E-state index contributed by atoms with van der Waals surface area (Å²) in [5, 5.41) is 19.1. The smallest absolute Gasteiger partial charge is 0.407 e. The minimum Gasteiger partial charge on any atom is -0.508 e. The van der Waals surface area contributed by atoms with Crippen molar-refractivity contribution in [3.63, 3.8) is 0 Å². The summed E-state index contributed by atoms with van der Waals surface area (Å²) >= 11 is 0. The zero-order valence-corrected chi connectivity index (χ0v) is 40.4. The van der Waals surface area contributed by atoms with Crippen LogP contribution in [0.1, 0.15) is 89.6 Å². The van der Waals surface area contributed by atoms with Gasteiger partial charge in [-0.1, -0.05) is 84.0 Å². The first kappa shape index (κ1) is 49.2. The lowest BCUT2D eigenvalue weighted by atomic mass is 9.83. The molecule has 5 aromatic rings. The van der Waals surface area contributed by atoms with Gasteiger partial charge in [0.2, 0.25) is 11.8 Å². The van der Waals surface area contributed by atoms with Crippen molar-refractivity contribution in [3.8, 4) is 28.1 Å². The van der Waals surface area contributed by atoms with Crippen LogP contribution in [-0.4, -0.2) is 99.2 Å². The molecule has 6 bridgehead atoms. The van der Waals surface area contributed by atoms with Crippen molar-refractivity contribution in [1.82, 2.24) is 35.5 Å². The van der Waals surface area contributed by atoms with E-state index in [0.29, 0.717) is 36.9 Å². The number of hydrogen-bond donors (Lipinski definition) is 4. The number of amides is 4. The highest BCUT2D eigenvalue weighted by molar-refractivity contribution is 5.96. The number of aromatic nitrogens is 2. The molecule has 3 aromatic carbocycles. The van der Waals surface area contributed by atoms with Gasteiger partial charge in [0.05, 0.1) is 18.0 Å². The predicted octanol–water partition coefficient (Wildman–Crippen LogP) is 7.28. The molecular formula is C53H65N7O8. The fraction of sp³-hybridized carbons (Fsp3) is 0.434. The Morgan fingerprint density at radius 3 is 2.49 bits per heavy atom. The Kier molecular flexibility index (Phi) is 15.2. The lowest BCUT2D eigenvalue weighted by molar-refractivity contribution is -0.155. The zero-order chi connectivity index (χ0) is 48.9. The van der Waals surface area contributed by atoms with Gasteiger partial charge in [-0.2, -0.15) is 0 Å². The molecule has 68 heavy (non-hydrogen) atoms. The van der Waals surface area contributed by atoms with Crippen LogP contribution in [0.15, 0.2) is 85.1 Å². The number of fused-ring (bicyclic) bond motifs is 6. The number of carbonyl (C=O) groups is 5. The molecule has 2 aromatic heterocycles. The number of hydrazine groups is 1. The molecule has 360 valence electrons. The maximum Gasteiger partial charge on any atom is 0.407 e. The van der Waals surface area contributed by atoms with Crippen molar-refractivity contribution in [2.75, 3.05) is 26.7 Å². The van der Waals surface area contributed by atoms with E-state index in [1.807, 2.05) is 54.7 Å². The van der Waals surface area contributed by atoms with Gasteiger partial charge in [0.15, 0.2) is 0 Å². The number of cyclic esters (lactones) is 1. The van der Waals surface area contributed by atoms with Crippen molar-refractivity contribution >= 4 is 40.7 Å². The van der Waals surface area contributed by atoms with Crippen LogP contribution in [0.4, 0.5) is 4.79 Å². The molecule has 4 N–H and O–H groups in total. The van der Waals surface area contributed by atoms with Crippen LogP contribution in [0, 0.1) is 11.3 Å². The van der Waals surface area contributed by atoms with E-state index < -0.39 is 65.8 Å². The molecule has 15 nitrogen and oxygen atoms in total. The Bertz CT molecular complexity index is 2660. The van der Waals surface area contributed by atoms with Gasteiger partial charge in [0.1, 0.15) is 37.0 Å². The number of aromatic hydroxyl groups is 1. The average molecular weight is 928 g/mol. The van der Waals surface area contributed by atoms with Crippen molar-refractivity contribution in [2.45, 2.75) is 111 Å². The summed E-state index contributed by atoms with van der Waals surface area (Å²) in [6, 6.07) is 21.6. The maximum absolute atomic E-state index is 14.7. The van der Waals surface area contributed by atoms with Gasteiger partial charge < -0.3 is 34.7 Å². The number of ether oxygens (including phenoxy) is 2. The van der Waals surface area contributed by atoms with Crippen LogP contribution in [0.5, 0.6) is 5.75 Å². The topological polar surface area (TPSA) is 184 Å². The monoisotopic (exact) mass is 927 g/mol. The fourth-order valence-corrected chi connectivity index (χ4v) is 9.48. The number of nitrogens with one attached hydrogen (secondary N) is 3. The highest BCUT2D eigenvalue weighted by atomic mass is 16.5. The first-order chi connectivity index (χ1) is 32.4. The van der Waals surface area contributed by atoms with Gasteiger partial charge in [-0.25, -0.2) is 10.2 Å². The van der Waals surface area contributed by atoms with E-state index >= 15 is 0 Å². The van der Waals surface area contributed by atoms with E-state index in [-0.39, 0.29) is 37.8 Å². The van der Waals surface area contributed by atoms with Gasteiger partial charge in [0, 0.05) is 54.6 Å². The van der Waals surface area contributed by atoms with E-state index in [1.165, 1.54) is 17.0 Å². The Morgan fingerprint density at radius 2 is 1.76 bits per heavy atom. The number of alkyl carbamates (subject to hydrolysis) is 1. The first-order valence-electron chi connectivity index (χ1n) is 23.6. The second-order valence-corrected chi connectivity index (χ2v) is 19.4. The zero-order valence-electron chi connectivity index (χ0n) is 40.4. The van der Waals surface area contributed by atoms with E-state index in [0.717, 1.165) is 44.5 Å². The average Bonchev–Trinajstić information content (AvgIpc) is 3.62. The second kappa shape index (κ2) is 21.1. The molecule has 4 heterocycles. The molecule has 7 rings (SSSR count). The standard InChI is InChI=1S/C53H65N7O8/c1-9-59-44-20-19-36-27-40(44)41(48(59)39-17-13-21-54-46(39)32(2)3)28-53(6,7)31-68-51(65)42-18-14-22-60(57-42)50(64)43(25-35-23-37(36)26-38(61)24-35)56-49(63)47(33(4)5)58(8)45(62)29-55-52(66)67-30-34-15-11-10-12-16-34/h10-13,15-17,19-21,23-24,26-27,32-33,42-43,47,57,61H,9,14,18,22,25,28-31H2,1-8H3,(H,55,66)(H,56,63)/t42-,43-,47-/m0/s1. The largest absolute Gasteiger partial charge is 0.508 e. The van der Waals surface area contributed by atoms with Crippen LogP contribution >= 0.6 is 0 Å². The Morgan fingerprint density at radius 1 is 1.00 bits per heavy atom. The van der Waals surface area contributed by atoms with E-state index in [4.69, 9.17) is 14.5 Å². The summed E-state index contributed by atoms with van der Waals surface area (Å²) in [6.45, 7) is 14.8. The number of carbonyl (C=O) groups excluding carboxylic acids is 5. The quantitative estimate of drug-likeness (QED) is 0.0983. The molecule has 3 atom stereocenters. The van der Waals surface area contributed by atoms with Crippen molar-refractivity contribution in [3.05, 3.63) is 107 Å². The summed E-state index contributed by atoms with van der Waals surface area (Å²) in [5.41, 5.74) is 10.7. The van der Waals surface area contributed by atoms with E-state index in [1.54, 1.807) is 26.0 Å². The Labute approximate surface area is 398 Å². The summed E-state index contributed by atoms with van der Waals surface area (Å²) in [5.74, 6) is -2.41. The van der Waals surface area contributed by atoms with E-state index in [2.05, 4.69) is 73.4 Å². The molecular weight excluding hydrogens is 863 g/mol. The van der Waals surface area contributed by atoms with Gasteiger partial charge >= 0.3 is 12.1 Å². The molecule has 0 aliphatic carbocycles. The number of esters is 1. The molecule has 0 spiro atoms. The first-order valence-corrected chi connectivity index (χ1v) is 23.6. The third-order valence-corrected chi connectivity index (χ3v) is 12.8. The number of benzene rings is 3. The van der Waals surface area contributed by atoms with Crippen molar-refractivity contribution in [1.29, 1.82) is 0 Å². The van der Waals surface area contributed by atoms with Crippen LogP contribution in [-0.2, 0) is 54.6 Å². The summed E-state index contributed by atoms with van der Waals surface area (Å²) in [6.07, 6.45) is 2.50. The molecule has 1 fully saturated rings. The molecule has 4 amide bonds. The highest BCUT2D eigenvalue weighted by Crippen LogP contribution is 2.42. The van der Waals surface area contributed by atoms with Crippen LogP contribution in [0.3, 0.4) is 0 Å². The van der Waals surface area contributed by atoms with Crippen LogP contribution < -0.4 is 16.1 Å². The van der Waals surface area contributed by atoms with Crippen molar-refractivity contribution < 1.29 is 38.6 Å². The highest BCUT2D eigenvalue weighted by Gasteiger charge is 2.38. The molecule has 15 heteroatoms.